The number of carbonyl (C=O) groups excluding carboxylic acids is 2. The van der Waals surface area contributed by atoms with E-state index in [4.69, 9.17) is 17.3 Å². The van der Waals surface area contributed by atoms with E-state index in [1.165, 1.54) is 6.07 Å². The van der Waals surface area contributed by atoms with Crippen LogP contribution < -0.4 is 5.73 Å². The summed E-state index contributed by atoms with van der Waals surface area (Å²) in [4.78, 5) is 27.9. The maximum absolute atomic E-state index is 14.7. The van der Waals surface area contributed by atoms with Gasteiger partial charge in [0.25, 0.3) is 10.0 Å². The molecule has 2 aromatic rings. The van der Waals surface area contributed by atoms with Crippen molar-refractivity contribution in [3.05, 3.63) is 76.9 Å². The van der Waals surface area contributed by atoms with Crippen molar-refractivity contribution in [1.82, 2.24) is 14.1 Å². The number of nitrogens with two attached hydrogens (primary N) is 1. The lowest BCUT2D eigenvalue weighted by Crippen LogP contribution is -2.52. The van der Waals surface area contributed by atoms with Crippen molar-refractivity contribution < 1.29 is 22.4 Å². The Balaban J connectivity index is 1.69. The molecule has 0 aliphatic carbocycles. The number of carbonyl (C=O) groups is 2. The van der Waals surface area contributed by atoms with Crippen molar-refractivity contribution in [2.24, 2.45) is 5.73 Å². The second kappa shape index (κ2) is 11.9. The Morgan fingerprint density at radius 3 is 2.31 bits per heavy atom. The SMILES string of the molecule is CCN(CC(c1ccccc1F)N1CCN(C(=O)[CH]Cc2ccc(Cl)cc2)CC1)S(=O)(=O)C(N)=O. The zero-order valence-electron chi connectivity index (χ0n) is 19.4. The van der Waals surface area contributed by atoms with Crippen LogP contribution in [-0.2, 0) is 21.2 Å². The van der Waals surface area contributed by atoms with Crippen LogP contribution in [0.4, 0.5) is 9.18 Å². The van der Waals surface area contributed by atoms with Crippen LogP contribution in [0, 0.1) is 12.2 Å². The number of nitrogens with zero attached hydrogens (tertiary/aromatic N) is 3. The van der Waals surface area contributed by atoms with Gasteiger partial charge in [-0.3, -0.25) is 14.5 Å². The maximum Gasteiger partial charge on any atom is 0.349 e. The summed E-state index contributed by atoms with van der Waals surface area (Å²) in [6.45, 7) is 3.08. The minimum Gasteiger partial charge on any atom is -0.355 e. The number of benzene rings is 2. The summed E-state index contributed by atoms with van der Waals surface area (Å²) in [5.74, 6) is -0.576. The van der Waals surface area contributed by atoms with Gasteiger partial charge in [-0.1, -0.05) is 48.9 Å². The van der Waals surface area contributed by atoms with Gasteiger partial charge in [0.1, 0.15) is 5.82 Å². The van der Waals surface area contributed by atoms with Crippen LogP contribution >= 0.6 is 11.6 Å². The average Bonchev–Trinajstić information content (AvgIpc) is 2.85. The van der Waals surface area contributed by atoms with Crippen molar-refractivity contribution in [1.29, 1.82) is 0 Å². The van der Waals surface area contributed by atoms with E-state index in [0.29, 0.717) is 43.2 Å². The Morgan fingerprint density at radius 1 is 1.11 bits per heavy atom. The molecular formula is C24H29ClFN4O4S. The lowest BCUT2D eigenvalue weighted by atomic mass is 10.0. The van der Waals surface area contributed by atoms with Gasteiger partial charge in [-0.05, 0) is 30.2 Å². The monoisotopic (exact) mass is 523 g/mol. The van der Waals surface area contributed by atoms with Gasteiger partial charge in [-0.2, -0.15) is 4.31 Å². The first kappa shape index (κ1) is 27.1. The molecule has 0 saturated carbocycles. The molecular weight excluding hydrogens is 495 g/mol. The summed E-state index contributed by atoms with van der Waals surface area (Å²) in [6, 6.07) is 12.8. The standard InChI is InChI=1S/C24H29ClFN4O4S/c1-2-30(35(33,34)24(27)32)17-22(20-5-3-4-6-21(20)26)28-13-15-29(16-14-28)23(31)12-9-18-7-10-19(25)11-8-18/h3-8,10-12,22H,2,9,13-17H2,1H3,(H2,27,32). The molecule has 1 aliphatic rings. The summed E-state index contributed by atoms with van der Waals surface area (Å²) >= 11 is 5.90. The molecule has 8 nitrogen and oxygen atoms in total. The predicted octanol–water partition coefficient (Wildman–Crippen LogP) is 2.84. The summed E-state index contributed by atoms with van der Waals surface area (Å²) < 4.78 is 40.5. The molecule has 11 heteroatoms. The highest BCUT2D eigenvalue weighted by Crippen LogP contribution is 2.27. The molecule has 1 aliphatic heterocycles. The topological polar surface area (TPSA) is 104 Å². The van der Waals surface area contributed by atoms with Gasteiger partial charge < -0.3 is 10.6 Å². The van der Waals surface area contributed by atoms with E-state index >= 15 is 0 Å². The lowest BCUT2D eigenvalue weighted by molar-refractivity contribution is -0.129. The number of halogens is 2. The van der Waals surface area contributed by atoms with Crippen molar-refractivity contribution in [2.45, 2.75) is 19.4 Å². The van der Waals surface area contributed by atoms with Gasteiger partial charge in [0.2, 0.25) is 5.91 Å². The molecule has 2 N–H and O–H groups in total. The normalized spacial score (nSPS) is 15.8. The van der Waals surface area contributed by atoms with Crippen molar-refractivity contribution in [3.63, 3.8) is 0 Å². The van der Waals surface area contributed by atoms with Crippen LogP contribution in [0.15, 0.2) is 48.5 Å². The number of hydrogen-bond acceptors (Lipinski definition) is 5. The molecule has 0 bridgehead atoms. The fourth-order valence-electron chi connectivity index (χ4n) is 4.08. The van der Waals surface area contributed by atoms with Crippen LogP contribution in [0.3, 0.4) is 0 Å². The Morgan fingerprint density at radius 2 is 1.74 bits per heavy atom. The van der Waals surface area contributed by atoms with Gasteiger partial charge in [0.05, 0.1) is 12.5 Å². The zero-order valence-corrected chi connectivity index (χ0v) is 21.0. The molecule has 35 heavy (non-hydrogen) atoms. The molecule has 0 aromatic heterocycles. The minimum atomic E-state index is -4.36. The number of primary amides is 1. The van der Waals surface area contributed by atoms with E-state index in [1.54, 1.807) is 48.6 Å². The highest BCUT2D eigenvalue weighted by molar-refractivity contribution is 8.03. The first-order chi connectivity index (χ1) is 16.6. The third-order valence-corrected chi connectivity index (χ3v) is 7.93. The third-order valence-electron chi connectivity index (χ3n) is 6.08. The van der Waals surface area contributed by atoms with E-state index in [0.717, 1.165) is 9.87 Å². The molecule has 189 valence electrons. The highest BCUT2D eigenvalue weighted by Gasteiger charge is 2.34. The third kappa shape index (κ3) is 6.78. The first-order valence-corrected chi connectivity index (χ1v) is 13.1. The van der Waals surface area contributed by atoms with Crippen molar-refractivity contribution >= 4 is 32.8 Å². The Labute approximate surface area is 210 Å². The number of rotatable bonds is 9. The Bertz CT molecular complexity index is 1140. The minimum absolute atomic E-state index is 0.00827. The second-order valence-electron chi connectivity index (χ2n) is 8.21. The van der Waals surface area contributed by atoms with E-state index in [9.17, 15) is 22.4 Å². The molecule has 1 atom stereocenters. The van der Waals surface area contributed by atoms with Gasteiger partial charge in [0, 0.05) is 49.9 Å². The van der Waals surface area contributed by atoms with Crippen molar-refractivity contribution in [2.75, 3.05) is 39.3 Å². The molecule has 3 rings (SSSR count). The maximum atomic E-state index is 14.7. The van der Waals surface area contributed by atoms with E-state index in [2.05, 4.69) is 0 Å². The predicted molar refractivity (Wildman–Crippen MR) is 133 cm³/mol. The molecule has 1 radical (unpaired) electrons. The van der Waals surface area contributed by atoms with E-state index in [-0.39, 0.29) is 19.0 Å². The largest absolute Gasteiger partial charge is 0.355 e. The second-order valence-corrected chi connectivity index (χ2v) is 10.5. The number of sulfonamides is 1. The van der Waals surface area contributed by atoms with E-state index in [1.807, 2.05) is 17.0 Å². The number of hydrogen-bond donors (Lipinski definition) is 1. The zero-order chi connectivity index (χ0) is 25.6. The quantitative estimate of drug-likeness (QED) is 0.544. The molecule has 2 amide bonds. The first-order valence-electron chi connectivity index (χ1n) is 11.3. The van der Waals surface area contributed by atoms with E-state index < -0.39 is 27.1 Å². The van der Waals surface area contributed by atoms with Crippen LogP contribution in [-0.4, -0.2) is 72.9 Å². The molecule has 0 spiro atoms. The lowest BCUT2D eigenvalue weighted by Gasteiger charge is -2.40. The van der Waals surface area contributed by atoms with Crippen LogP contribution in [0.1, 0.15) is 24.1 Å². The molecule has 1 fully saturated rings. The van der Waals surface area contributed by atoms with Gasteiger partial charge >= 0.3 is 5.24 Å². The Hall–Kier alpha value is -2.53. The average molecular weight is 524 g/mol. The number of likely N-dealkylation sites (N-methyl/N-ethyl adjacent to an activating group) is 1. The summed E-state index contributed by atoms with van der Waals surface area (Å²) in [5, 5.41) is -0.816. The molecule has 1 saturated heterocycles. The molecule has 1 heterocycles. The fourth-order valence-corrected chi connectivity index (χ4v) is 5.14. The summed E-state index contributed by atoms with van der Waals surface area (Å²) in [7, 11) is -4.36. The molecule has 1 unspecified atom stereocenters. The number of amides is 2. The number of piperazine rings is 1. The van der Waals surface area contributed by atoms with Gasteiger partial charge in [-0.25, -0.2) is 12.8 Å². The van der Waals surface area contributed by atoms with Crippen LogP contribution in [0.2, 0.25) is 5.02 Å². The van der Waals surface area contributed by atoms with Gasteiger partial charge in [-0.15, -0.1) is 0 Å². The summed E-state index contributed by atoms with van der Waals surface area (Å²) in [5.41, 5.74) is 6.38. The van der Waals surface area contributed by atoms with Crippen LogP contribution in [0.25, 0.3) is 0 Å². The fraction of sp³-hybridized carbons (Fsp3) is 0.375. The van der Waals surface area contributed by atoms with Crippen molar-refractivity contribution in [3.8, 4) is 0 Å². The smallest absolute Gasteiger partial charge is 0.349 e. The van der Waals surface area contributed by atoms with Crippen LogP contribution in [0.5, 0.6) is 0 Å². The molecule has 2 aromatic carbocycles. The Kier molecular flexibility index (Phi) is 9.23. The summed E-state index contributed by atoms with van der Waals surface area (Å²) in [6.07, 6.45) is 2.09. The highest BCUT2D eigenvalue weighted by atomic mass is 35.5. The van der Waals surface area contributed by atoms with Gasteiger partial charge in [0.15, 0.2) is 0 Å².